The quantitative estimate of drug-likeness (QED) is 0.666. The largest absolute Gasteiger partial charge is 0.306 e. The molecule has 0 saturated heterocycles. The molecular formula is C19H18BrN. The van der Waals surface area contributed by atoms with Crippen LogP contribution in [0.2, 0.25) is 0 Å². The molecule has 0 aromatic heterocycles. The third-order valence-electron chi connectivity index (χ3n) is 3.82. The van der Waals surface area contributed by atoms with Crippen LogP contribution < -0.4 is 5.32 Å². The molecule has 3 aromatic carbocycles. The first kappa shape index (κ1) is 14.3. The summed E-state index contributed by atoms with van der Waals surface area (Å²) in [5.41, 5.74) is 2.65. The van der Waals surface area contributed by atoms with E-state index < -0.39 is 0 Å². The Labute approximate surface area is 134 Å². The van der Waals surface area contributed by atoms with Gasteiger partial charge in [-0.2, -0.15) is 0 Å². The summed E-state index contributed by atoms with van der Waals surface area (Å²) in [6.45, 7) is 3.10. The molecule has 0 aliphatic heterocycles. The lowest BCUT2D eigenvalue weighted by atomic mass is 9.99. The maximum absolute atomic E-state index is 3.61. The van der Waals surface area contributed by atoms with Crippen LogP contribution in [0.3, 0.4) is 0 Å². The minimum Gasteiger partial charge on any atom is -0.306 e. The molecule has 0 spiro atoms. The zero-order valence-electron chi connectivity index (χ0n) is 12.0. The van der Waals surface area contributed by atoms with Gasteiger partial charge in [0, 0.05) is 17.1 Å². The van der Waals surface area contributed by atoms with Crippen LogP contribution in [0.5, 0.6) is 0 Å². The normalized spacial score (nSPS) is 12.5. The molecule has 0 amide bonds. The summed E-state index contributed by atoms with van der Waals surface area (Å²) in [5, 5.41) is 6.24. The number of fused-ring (bicyclic) bond motifs is 1. The lowest BCUT2D eigenvalue weighted by Gasteiger charge is -2.16. The fourth-order valence-electron chi connectivity index (χ4n) is 2.61. The van der Waals surface area contributed by atoms with Crippen LogP contribution in [0.4, 0.5) is 0 Å². The van der Waals surface area contributed by atoms with Crippen molar-refractivity contribution in [1.29, 1.82) is 0 Å². The van der Waals surface area contributed by atoms with E-state index in [-0.39, 0.29) is 0 Å². The minimum atomic E-state index is 0.319. The van der Waals surface area contributed by atoms with Crippen molar-refractivity contribution < 1.29 is 0 Å². The Morgan fingerprint density at radius 1 is 0.905 bits per heavy atom. The molecule has 0 bridgehead atoms. The van der Waals surface area contributed by atoms with Crippen molar-refractivity contribution >= 4 is 26.7 Å². The van der Waals surface area contributed by atoms with Gasteiger partial charge >= 0.3 is 0 Å². The molecule has 21 heavy (non-hydrogen) atoms. The first-order valence-electron chi connectivity index (χ1n) is 7.19. The molecule has 0 aliphatic carbocycles. The highest BCUT2D eigenvalue weighted by atomic mass is 79.9. The molecule has 0 radical (unpaired) electrons. The Morgan fingerprint density at radius 2 is 1.62 bits per heavy atom. The van der Waals surface area contributed by atoms with E-state index in [1.165, 1.54) is 21.9 Å². The van der Waals surface area contributed by atoms with Gasteiger partial charge in [-0.25, -0.2) is 0 Å². The van der Waals surface area contributed by atoms with Gasteiger partial charge in [-0.3, -0.25) is 0 Å². The smallest absolute Gasteiger partial charge is 0.0301 e. The predicted octanol–water partition coefficient (Wildman–Crippen LogP) is 5.45. The average molecular weight is 340 g/mol. The van der Waals surface area contributed by atoms with E-state index in [0.29, 0.717) is 6.04 Å². The first-order chi connectivity index (χ1) is 10.2. The van der Waals surface area contributed by atoms with Crippen molar-refractivity contribution in [2.24, 2.45) is 0 Å². The molecule has 0 saturated carbocycles. The predicted molar refractivity (Wildman–Crippen MR) is 93.3 cm³/mol. The van der Waals surface area contributed by atoms with Gasteiger partial charge in [-0.15, -0.1) is 0 Å². The Bertz CT molecular complexity index is 729. The van der Waals surface area contributed by atoms with Crippen LogP contribution in [0.15, 0.2) is 71.2 Å². The van der Waals surface area contributed by atoms with Crippen molar-refractivity contribution in [2.45, 2.75) is 19.5 Å². The zero-order valence-corrected chi connectivity index (χ0v) is 13.6. The summed E-state index contributed by atoms with van der Waals surface area (Å²) in [7, 11) is 0. The molecule has 1 atom stereocenters. The molecule has 0 aliphatic rings. The van der Waals surface area contributed by atoms with Gasteiger partial charge in [0.15, 0.2) is 0 Å². The molecule has 1 nitrogen and oxygen atoms in total. The maximum atomic E-state index is 3.61. The summed E-state index contributed by atoms with van der Waals surface area (Å²) in [4.78, 5) is 0. The summed E-state index contributed by atoms with van der Waals surface area (Å²) in [6.07, 6.45) is 0. The molecule has 2 heteroatoms. The summed E-state index contributed by atoms with van der Waals surface area (Å²) < 4.78 is 1.12. The van der Waals surface area contributed by atoms with Crippen LogP contribution in [-0.4, -0.2) is 0 Å². The van der Waals surface area contributed by atoms with Crippen molar-refractivity contribution in [3.8, 4) is 0 Å². The van der Waals surface area contributed by atoms with Gasteiger partial charge in [0.25, 0.3) is 0 Å². The Kier molecular flexibility index (Phi) is 4.37. The highest BCUT2D eigenvalue weighted by molar-refractivity contribution is 9.10. The summed E-state index contributed by atoms with van der Waals surface area (Å²) in [5.74, 6) is 0. The number of nitrogens with one attached hydrogen (secondary N) is 1. The van der Waals surface area contributed by atoms with E-state index in [1.54, 1.807) is 0 Å². The molecule has 106 valence electrons. The second kappa shape index (κ2) is 6.42. The maximum Gasteiger partial charge on any atom is 0.0301 e. The average Bonchev–Trinajstić information content (AvgIpc) is 2.53. The van der Waals surface area contributed by atoms with Crippen LogP contribution in [0.1, 0.15) is 24.1 Å². The van der Waals surface area contributed by atoms with Gasteiger partial charge in [-0.05, 0) is 41.0 Å². The summed E-state index contributed by atoms with van der Waals surface area (Å²) in [6, 6.07) is 23.8. The standard InChI is InChI=1S/C19H18BrN/c1-14(21-13-15-9-11-17(20)12-10-15)18-8-4-6-16-5-2-3-7-19(16)18/h2-12,14,21H,13H2,1H3. The van der Waals surface area contributed by atoms with Gasteiger partial charge in [0.05, 0.1) is 0 Å². The van der Waals surface area contributed by atoms with E-state index in [1.807, 2.05) is 0 Å². The lowest BCUT2D eigenvalue weighted by Crippen LogP contribution is -2.18. The number of hydrogen-bond donors (Lipinski definition) is 1. The van der Waals surface area contributed by atoms with E-state index in [9.17, 15) is 0 Å². The monoisotopic (exact) mass is 339 g/mol. The Morgan fingerprint density at radius 3 is 2.43 bits per heavy atom. The minimum absolute atomic E-state index is 0.319. The second-order valence-electron chi connectivity index (χ2n) is 5.30. The van der Waals surface area contributed by atoms with Crippen LogP contribution in [0.25, 0.3) is 10.8 Å². The van der Waals surface area contributed by atoms with Crippen LogP contribution in [-0.2, 0) is 6.54 Å². The first-order valence-corrected chi connectivity index (χ1v) is 7.99. The molecule has 3 aromatic rings. The Balaban J connectivity index is 1.78. The highest BCUT2D eigenvalue weighted by Gasteiger charge is 2.08. The molecule has 1 N–H and O–H groups in total. The molecular weight excluding hydrogens is 322 g/mol. The van der Waals surface area contributed by atoms with Gasteiger partial charge in [-0.1, -0.05) is 70.5 Å². The zero-order chi connectivity index (χ0) is 14.7. The van der Waals surface area contributed by atoms with Crippen molar-refractivity contribution in [3.63, 3.8) is 0 Å². The molecule has 0 fully saturated rings. The van der Waals surface area contributed by atoms with Gasteiger partial charge < -0.3 is 5.32 Å². The van der Waals surface area contributed by atoms with Gasteiger partial charge in [0.2, 0.25) is 0 Å². The fourth-order valence-corrected chi connectivity index (χ4v) is 2.88. The fraction of sp³-hybridized carbons (Fsp3) is 0.158. The van der Waals surface area contributed by atoms with Crippen molar-refractivity contribution in [3.05, 3.63) is 82.3 Å². The third kappa shape index (κ3) is 3.34. The number of hydrogen-bond acceptors (Lipinski definition) is 1. The van der Waals surface area contributed by atoms with E-state index in [2.05, 4.69) is 94.9 Å². The van der Waals surface area contributed by atoms with Crippen molar-refractivity contribution in [2.75, 3.05) is 0 Å². The SMILES string of the molecule is CC(NCc1ccc(Br)cc1)c1cccc2ccccc12. The lowest BCUT2D eigenvalue weighted by molar-refractivity contribution is 0.578. The summed E-state index contributed by atoms with van der Waals surface area (Å²) >= 11 is 3.47. The highest BCUT2D eigenvalue weighted by Crippen LogP contribution is 2.24. The molecule has 1 unspecified atom stereocenters. The second-order valence-corrected chi connectivity index (χ2v) is 6.21. The van der Waals surface area contributed by atoms with Gasteiger partial charge in [0.1, 0.15) is 0 Å². The van der Waals surface area contributed by atoms with E-state index >= 15 is 0 Å². The molecule has 3 rings (SSSR count). The molecule has 0 heterocycles. The van der Waals surface area contributed by atoms with E-state index in [4.69, 9.17) is 0 Å². The van der Waals surface area contributed by atoms with E-state index in [0.717, 1.165) is 11.0 Å². The topological polar surface area (TPSA) is 12.0 Å². The number of benzene rings is 3. The number of rotatable bonds is 4. The van der Waals surface area contributed by atoms with Crippen LogP contribution in [0, 0.1) is 0 Å². The third-order valence-corrected chi connectivity index (χ3v) is 4.34. The van der Waals surface area contributed by atoms with Crippen LogP contribution >= 0.6 is 15.9 Å². The van der Waals surface area contributed by atoms with Crippen molar-refractivity contribution in [1.82, 2.24) is 5.32 Å². The Hall–Kier alpha value is -1.64. The number of halogens is 1.